The summed E-state index contributed by atoms with van der Waals surface area (Å²) in [4.78, 5) is 13.6. The third kappa shape index (κ3) is 7.92. The van der Waals surface area contributed by atoms with Gasteiger partial charge >= 0.3 is 5.97 Å². The summed E-state index contributed by atoms with van der Waals surface area (Å²) in [5, 5.41) is 27.2. The van der Waals surface area contributed by atoms with Gasteiger partial charge in [-0.05, 0) is 98.9 Å². The number of rotatable bonds is 8. The van der Waals surface area contributed by atoms with Crippen molar-refractivity contribution in [1.82, 2.24) is 20.4 Å². The predicted octanol–water partition coefficient (Wildman–Crippen LogP) is 6.22. The molecule has 3 heterocycles. The summed E-state index contributed by atoms with van der Waals surface area (Å²) in [5.41, 5.74) is 3.20. The van der Waals surface area contributed by atoms with E-state index in [1.807, 2.05) is 54.6 Å². The smallest absolute Gasteiger partial charge is 0.335 e. The fourth-order valence-corrected chi connectivity index (χ4v) is 6.50. The Morgan fingerprint density at radius 3 is 2.28 bits per heavy atom. The number of anilines is 1. The average molecular weight is 696 g/mol. The van der Waals surface area contributed by atoms with Gasteiger partial charge in [-0.1, -0.05) is 34.7 Å². The molecule has 3 N–H and O–H groups in total. The molecule has 2 fully saturated rings. The zero-order valence-corrected chi connectivity index (χ0v) is 26.7. The topological polar surface area (TPSA) is 109 Å². The molecule has 6 rings (SSSR count). The Morgan fingerprint density at radius 2 is 1.67 bits per heavy atom. The fraction of sp³-hybridized carbons (Fsp3) is 0.364. The molecule has 43 heavy (non-hydrogen) atoms. The van der Waals surface area contributed by atoms with Crippen molar-refractivity contribution in [3.63, 3.8) is 0 Å². The first-order valence-corrected chi connectivity index (χ1v) is 15.9. The van der Waals surface area contributed by atoms with Gasteiger partial charge in [0, 0.05) is 35.5 Å². The first-order valence-electron chi connectivity index (χ1n) is 14.6. The van der Waals surface area contributed by atoms with Gasteiger partial charge in [0.25, 0.3) is 0 Å². The number of ether oxygens (including phenoxy) is 2. The first kappa shape index (κ1) is 31.0. The van der Waals surface area contributed by atoms with Crippen LogP contribution in [-0.4, -0.2) is 70.1 Å². The number of alkyl halides is 1. The van der Waals surface area contributed by atoms with Crippen LogP contribution in [-0.2, 0) is 6.54 Å². The molecule has 0 spiro atoms. The second-order valence-corrected chi connectivity index (χ2v) is 12.2. The largest absolute Gasteiger partial charge is 0.497 e. The average Bonchev–Trinajstić information content (AvgIpc) is 3.63. The summed E-state index contributed by atoms with van der Waals surface area (Å²) in [6, 6.07) is 21.2. The van der Waals surface area contributed by atoms with E-state index in [9.17, 15) is 4.79 Å². The van der Waals surface area contributed by atoms with Crippen LogP contribution >= 0.6 is 22.6 Å². The van der Waals surface area contributed by atoms with E-state index in [2.05, 4.69) is 48.3 Å². The molecule has 2 unspecified atom stereocenters. The van der Waals surface area contributed by atoms with Crippen LogP contribution in [0.2, 0.25) is 0 Å². The fourth-order valence-electron chi connectivity index (χ4n) is 5.41. The second-order valence-electron chi connectivity index (χ2n) is 10.8. The molecular weight excluding hydrogens is 657 g/mol. The quantitative estimate of drug-likeness (QED) is 0.113. The Bertz CT molecular complexity index is 1510. The zero-order valence-electron chi connectivity index (χ0n) is 24.6. The number of carbonyl (C=O) groups is 1. The molecule has 226 valence electrons. The molecule has 4 aromatic rings. The Hall–Kier alpha value is -3.48. The third-order valence-corrected chi connectivity index (χ3v) is 9.17. The van der Waals surface area contributed by atoms with Crippen molar-refractivity contribution in [3.05, 3.63) is 77.9 Å². The summed E-state index contributed by atoms with van der Waals surface area (Å²) < 4.78 is 11.1. The monoisotopic (exact) mass is 695 g/mol. The molecule has 0 bridgehead atoms. The van der Waals surface area contributed by atoms with Gasteiger partial charge in [-0.25, -0.2) is 4.79 Å². The molecule has 0 amide bonds. The lowest BCUT2D eigenvalue weighted by atomic mass is 10.0. The summed E-state index contributed by atoms with van der Waals surface area (Å²) in [5.74, 6) is 1.41. The van der Waals surface area contributed by atoms with Gasteiger partial charge in [-0.2, -0.15) is 0 Å². The molecule has 1 aromatic heterocycles. The van der Waals surface area contributed by atoms with Crippen LogP contribution < -0.4 is 20.1 Å². The number of likely N-dealkylation sites (tertiary alicyclic amines) is 1. The molecular formula is C33H38IN5O4. The van der Waals surface area contributed by atoms with E-state index in [4.69, 9.17) is 14.6 Å². The molecule has 0 radical (unpaired) electrons. The number of carboxylic acid groups (broad SMARTS) is 1. The zero-order chi connectivity index (χ0) is 30.2. The molecule has 2 atom stereocenters. The van der Waals surface area contributed by atoms with Crippen LogP contribution in [0.4, 0.5) is 5.82 Å². The number of carboxylic acids is 1. The van der Waals surface area contributed by atoms with E-state index in [1.165, 1.54) is 25.9 Å². The number of hydrogen-bond donors (Lipinski definition) is 3. The Morgan fingerprint density at radius 1 is 0.977 bits per heavy atom. The molecule has 10 heteroatoms. The van der Waals surface area contributed by atoms with E-state index < -0.39 is 5.97 Å². The highest BCUT2D eigenvalue weighted by Crippen LogP contribution is 2.34. The molecule has 2 aliphatic rings. The van der Waals surface area contributed by atoms with Crippen LogP contribution in [0.3, 0.4) is 0 Å². The Kier molecular flexibility index (Phi) is 10.7. The number of methoxy groups -OCH3 is 2. The number of nitrogens with one attached hydrogen (secondary N) is 2. The highest BCUT2D eigenvalue weighted by atomic mass is 127. The molecule has 9 nitrogen and oxygen atoms in total. The Balaban J connectivity index is 0.000000668. The van der Waals surface area contributed by atoms with Crippen molar-refractivity contribution < 1.29 is 19.4 Å². The van der Waals surface area contributed by atoms with Crippen LogP contribution in [0, 0.1) is 0 Å². The van der Waals surface area contributed by atoms with Crippen molar-refractivity contribution in [3.8, 4) is 22.8 Å². The van der Waals surface area contributed by atoms with Gasteiger partial charge in [0.2, 0.25) is 0 Å². The molecule has 3 aromatic carbocycles. The van der Waals surface area contributed by atoms with Crippen molar-refractivity contribution >= 4 is 45.2 Å². The molecule has 2 aliphatic heterocycles. The number of piperidine rings is 1. The molecule has 2 saturated heterocycles. The highest BCUT2D eigenvalue weighted by molar-refractivity contribution is 14.1. The number of aromatic nitrogens is 2. The maximum atomic E-state index is 11.1. The van der Waals surface area contributed by atoms with Crippen LogP contribution in [0.5, 0.6) is 11.5 Å². The van der Waals surface area contributed by atoms with Crippen molar-refractivity contribution in [1.29, 1.82) is 0 Å². The minimum absolute atomic E-state index is 0.248. The first-order chi connectivity index (χ1) is 20.9. The summed E-state index contributed by atoms with van der Waals surface area (Å²) in [6.45, 7) is 4.21. The van der Waals surface area contributed by atoms with Gasteiger partial charge in [0.05, 0.1) is 23.8 Å². The normalized spacial score (nSPS) is 18.5. The molecule has 0 saturated carbocycles. The second kappa shape index (κ2) is 14.8. The van der Waals surface area contributed by atoms with E-state index in [0.29, 0.717) is 9.61 Å². The van der Waals surface area contributed by atoms with E-state index in [1.54, 1.807) is 26.4 Å². The predicted molar refractivity (Wildman–Crippen MR) is 178 cm³/mol. The number of hydrogen-bond acceptors (Lipinski definition) is 8. The van der Waals surface area contributed by atoms with Gasteiger partial charge in [0.15, 0.2) is 5.82 Å². The van der Waals surface area contributed by atoms with Gasteiger partial charge < -0.3 is 25.2 Å². The number of halogens is 1. The maximum absolute atomic E-state index is 11.1. The summed E-state index contributed by atoms with van der Waals surface area (Å²) in [7, 11) is 3.32. The van der Waals surface area contributed by atoms with Crippen LogP contribution in [0.25, 0.3) is 22.0 Å². The maximum Gasteiger partial charge on any atom is 0.335 e. The lowest BCUT2D eigenvalue weighted by Crippen LogP contribution is -2.43. The van der Waals surface area contributed by atoms with Crippen molar-refractivity contribution in [2.75, 3.05) is 39.2 Å². The number of aromatic carboxylic acids is 1. The number of fused-ring (bicyclic) bond motifs is 1. The summed E-state index contributed by atoms with van der Waals surface area (Å²) >= 11 is 2.49. The van der Waals surface area contributed by atoms with E-state index in [0.717, 1.165) is 70.8 Å². The summed E-state index contributed by atoms with van der Waals surface area (Å²) in [6.07, 6.45) is 4.68. The van der Waals surface area contributed by atoms with Crippen LogP contribution in [0.15, 0.2) is 66.7 Å². The van der Waals surface area contributed by atoms with Gasteiger partial charge in [-0.3, -0.25) is 4.90 Å². The van der Waals surface area contributed by atoms with Gasteiger partial charge in [0.1, 0.15) is 17.2 Å². The number of benzene rings is 3. The SMILES string of the molecule is C1CCNC1.COc1ccc(-c2nnc(NC3CCN(Cc4ccc(C(=O)O)cc4)C(I)C3)c3cc(OC)ccc23)cc1. The minimum atomic E-state index is -0.902. The van der Waals surface area contributed by atoms with E-state index >= 15 is 0 Å². The van der Waals surface area contributed by atoms with Crippen molar-refractivity contribution in [2.45, 2.75) is 42.3 Å². The lowest BCUT2D eigenvalue weighted by Gasteiger charge is -2.37. The minimum Gasteiger partial charge on any atom is -0.497 e. The standard InChI is InChI=1S/C29H29IN4O4.C4H9N/c1-37-22-9-7-19(8-10-22)27-24-12-11-23(38-2)16-25(24)28(33-32-27)31-21-13-14-34(26(30)15-21)17-18-3-5-20(6-4-18)29(35)36;1-2-4-5-3-1/h3-12,16,21,26H,13-15,17H2,1-2H3,(H,31,33)(H,35,36);5H,1-4H2. The van der Waals surface area contributed by atoms with Crippen molar-refractivity contribution in [2.24, 2.45) is 0 Å². The lowest BCUT2D eigenvalue weighted by molar-refractivity contribution is 0.0697. The highest BCUT2D eigenvalue weighted by Gasteiger charge is 2.27. The third-order valence-electron chi connectivity index (χ3n) is 7.87. The van der Waals surface area contributed by atoms with E-state index in [-0.39, 0.29) is 6.04 Å². The number of nitrogens with zero attached hydrogens (tertiary/aromatic N) is 3. The molecule has 0 aliphatic carbocycles. The Labute approximate surface area is 266 Å². The van der Waals surface area contributed by atoms with Gasteiger partial charge in [-0.15, -0.1) is 10.2 Å². The van der Waals surface area contributed by atoms with Crippen LogP contribution in [0.1, 0.15) is 41.6 Å².